The Labute approximate surface area is 113 Å². The Hall–Kier alpha value is -0.560. The fourth-order valence-electron chi connectivity index (χ4n) is 2.03. The van der Waals surface area contributed by atoms with Crippen molar-refractivity contribution in [2.24, 2.45) is 0 Å². The maximum absolute atomic E-state index is 12.5. The summed E-state index contributed by atoms with van der Waals surface area (Å²) in [7, 11) is -3.35. The fraction of sp³-hybridized carbons (Fsp3) is 0.500. The largest absolute Gasteiger partial charge is 0.312 e. The van der Waals surface area contributed by atoms with E-state index < -0.39 is 10.0 Å². The second-order valence-corrected chi connectivity index (χ2v) is 7.21. The lowest BCUT2D eigenvalue weighted by Crippen LogP contribution is -2.51. The molecule has 18 heavy (non-hydrogen) atoms. The average molecular weight is 286 g/mol. The number of benzene rings is 1. The first-order valence-electron chi connectivity index (χ1n) is 5.91. The molecular formula is C12H18N2O2S2. The molecule has 1 unspecified atom stereocenters. The molecule has 1 aliphatic rings. The van der Waals surface area contributed by atoms with Crippen molar-refractivity contribution in [2.75, 3.05) is 25.9 Å². The highest BCUT2D eigenvalue weighted by Crippen LogP contribution is 2.22. The SMILES string of the molecule is CSc1cccc(S(=O)(=O)N2CCNC(C)C2)c1. The zero-order valence-electron chi connectivity index (χ0n) is 10.6. The minimum absolute atomic E-state index is 0.206. The summed E-state index contributed by atoms with van der Waals surface area (Å²) in [6, 6.07) is 7.33. The Bertz CT molecular complexity index is 517. The summed E-state index contributed by atoms with van der Waals surface area (Å²) in [5, 5.41) is 3.25. The molecule has 1 aliphatic heterocycles. The number of hydrogen-bond donors (Lipinski definition) is 1. The number of sulfonamides is 1. The van der Waals surface area contributed by atoms with Gasteiger partial charge in [0.05, 0.1) is 4.90 Å². The summed E-state index contributed by atoms with van der Waals surface area (Å²) in [5.74, 6) is 0. The summed E-state index contributed by atoms with van der Waals surface area (Å²) >= 11 is 1.55. The van der Waals surface area contributed by atoms with Crippen LogP contribution in [0.2, 0.25) is 0 Å². The second-order valence-electron chi connectivity index (χ2n) is 4.40. The number of nitrogens with zero attached hydrogens (tertiary/aromatic N) is 1. The Morgan fingerprint density at radius 1 is 1.44 bits per heavy atom. The van der Waals surface area contributed by atoms with Crippen LogP contribution in [-0.2, 0) is 10.0 Å². The molecule has 1 fully saturated rings. The van der Waals surface area contributed by atoms with Crippen LogP contribution in [0.5, 0.6) is 0 Å². The van der Waals surface area contributed by atoms with Crippen LogP contribution in [0.25, 0.3) is 0 Å². The molecule has 1 aromatic rings. The molecule has 0 aliphatic carbocycles. The molecule has 1 heterocycles. The molecule has 1 atom stereocenters. The van der Waals surface area contributed by atoms with Crippen molar-refractivity contribution < 1.29 is 8.42 Å². The van der Waals surface area contributed by atoms with Gasteiger partial charge in [0.2, 0.25) is 10.0 Å². The first-order valence-corrected chi connectivity index (χ1v) is 8.58. The fourth-order valence-corrected chi connectivity index (χ4v) is 4.14. The molecule has 1 N–H and O–H groups in total. The van der Waals surface area contributed by atoms with E-state index in [1.54, 1.807) is 34.3 Å². The van der Waals surface area contributed by atoms with Gasteiger partial charge < -0.3 is 5.32 Å². The van der Waals surface area contributed by atoms with Crippen LogP contribution in [0.1, 0.15) is 6.92 Å². The Morgan fingerprint density at radius 2 is 2.22 bits per heavy atom. The van der Waals surface area contributed by atoms with Crippen molar-refractivity contribution in [3.63, 3.8) is 0 Å². The molecule has 0 saturated carbocycles. The lowest BCUT2D eigenvalue weighted by atomic mass is 10.3. The Morgan fingerprint density at radius 3 is 2.89 bits per heavy atom. The molecule has 0 amide bonds. The Kier molecular flexibility index (Phi) is 4.32. The zero-order valence-corrected chi connectivity index (χ0v) is 12.2. The molecule has 1 saturated heterocycles. The highest BCUT2D eigenvalue weighted by Gasteiger charge is 2.28. The third kappa shape index (κ3) is 2.88. The zero-order chi connectivity index (χ0) is 13.2. The molecule has 0 spiro atoms. The van der Waals surface area contributed by atoms with Crippen LogP contribution in [0.15, 0.2) is 34.1 Å². The predicted octanol–water partition coefficient (Wildman–Crippen LogP) is 1.39. The first kappa shape index (κ1) is 13.9. The van der Waals surface area contributed by atoms with Crippen LogP contribution in [0.4, 0.5) is 0 Å². The molecule has 100 valence electrons. The van der Waals surface area contributed by atoms with Crippen molar-refractivity contribution in [3.05, 3.63) is 24.3 Å². The van der Waals surface area contributed by atoms with Crippen molar-refractivity contribution in [1.29, 1.82) is 0 Å². The first-order chi connectivity index (χ1) is 8.54. The van der Waals surface area contributed by atoms with E-state index in [1.807, 2.05) is 19.2 Å². The van der Waals surface area contributed by atoms with E-state index in [1.165, 1.54) is 0 Å². The summed E-state index contributed by atoms with van der Waals surface area (Å²) < 4.78 is 26.5. The van der Waals surface area contributed by atoms with E-state index >= 15 is 0 Å². The minimum atomic E-state index is -3.35. The lowest BCUT2D eigenvalue weighted by molar-refractivity contribution is 0.310. The van der Waals surface area contributed by atoms with Gasteiger partial charge in [0, 0.05) is 30.6 Å². The van der Waals surface area contributed by atoms with Gasteiger partial charge in [-0.15, -0.1) is 11.8 Å². The van der Waals surface area contributed by atoms with E-state index in [0.717, 1.165) is 4.90 Å². The van der Waals surface area contributed by atoms with Crippen molar-refractivity contribution in [1.82, 2.24) is 9.62 Å². The maximum Gasteiger partial charge on any atom is 0.243 e. The standard InChI is InChI=1S/C12H18N2O2S2/c1-10-9-14(7-6-13-10)18(15,16)12-5-3-4-11(8-12)17-2/h3-5,8,10,13H,6-7,9H2,1-2H3. The van der Waals surface area contributed by atoms with Crippen LogP contribution in [0, 0.1) is 0 Å². The lowest BCUT2D eigenvalue weighted by Gasteiger charge is -2.31. The van der Waals surface area contributed by atoms with E-state index in [0.29, 0.717) is 24.5 Å². The van der Waals surface area contributed by atoms with Gasteiger partial charge in [0.25, 0.3) is 0 Å². The van der Waals surface area contributed by atoms with Gasteiger partial charge in [-0.25, -0.2) is 8.42 Å². The summed E-state index contributed by atoms with van der Waals surface area (Å²) in [4.78, 5) is 1.36. The third-order valence-electron chi connectivity index (χ3n) is 3.01. The van der Waals surface area contributed by atoms with E-state index in [-0.39, 0.29) is 6.04 Å². The number of thioether (sulfide) groups is 1. The monoisotopic (exact) mass is 286 g/mol. The quantitative estimate of drug-likeness (QED) is 0.853. The van der Waals surface area contributed by atoms with Gasteiger partial charge in [-0.1, -0.05) is 6.07 Å². The molecule has 2 rings (SSSR count). The van der Waals surface area contributed by atoms with Crippen LogP contribution >= 0.6 is 11.8 Å². The number of nitrogens with one attached hydrogen (secondary N) is 1. The van der Waals surface area contributed by atoms with Crippen LogP contribution < -0.4 is 5.32 Å². The number of piperazine rings is 1. The van der Waals surface area contributed by atoms with E-state index in [2.05, 4.69) is 5.32 Å². The van der Waals surface area contributed by atoms with Crippen LogP contribution in [-0.4, -0.2) is 44.7 Å². The maximum atomic E-state index is 12.5. The third-order valence-corrected chi connectivity index (χ3v) is 5.60. The molecule has 0 bridgehead atoms. The van der Waals surface area contributed by atoms with Gasteiger partial charge >= 0.3 is 0 Å². The molecular weight excluding hydrogens is 268 g/mol. The highest BCUT2D eigenvalue weighted by molar-refractivity contribution is 7.98. The van der Waals surface area contributed by atoms with Gasteiger partial charge in [-0.3, -0.25) is 0 Å². The van der Waals surface area contributed by atoms with Crippen LogP contribution in [0.3, 0.4) is 0 Å². The van der Waals surface area contributed by atoms with Crippen molar-refractivity contribution in [2.45, 2.75) is 22.8 Å². The van der Waals surface area contributed by atoms with Crippen molar-refractivity contribution >= 4 is 21.8 Å². The second kappa shape index (κ2) is 5.61. The molecule has 0 aromatic heterocycles. The summed E-state index contributed by atoms with van der Waals surface area (Å²) in [6.45, 7) is 3.78. The van der Waals surface area contributed by atoms with Gasteiger partial charge in [-0.2, -0.15) is 4.31 Å². The van der Waals surface area contributed by atoms with Crippen molar-refractivity contribution in [3.8, 4) is 0 Å². The number of rotatable bonds is 3. The smallest absolute Gasteiger partial charge is 0.243 e. The summed E-state index contributed by atoms with van der Waals surface area (Å²) in [5.41, 5.74) is 0. The van der Waals surface area contributed by atoms with Gasteiger partial charge in [-0.05, 0) is 31.4 Å². The summed E-state index contributed by atoms with van der Waals surface area (Å²) in [6.07, 6.45) is 1.94. The topological polar surface area (TPSA) is 49.4 Å². The number of hydrogen-bond acceptors (Lipinski definition) is 4. The molecule has 1 aromatic carbocycles. The normalized spacial score (nSPS) is 22.0. The average Bonchev–Trinajstić information content (AvgIpc) is 2.39. The van der Waals surface area contributed by atoms with E-state index in [9.17, 15) is 8.42 Å². The van der Waals surface area contributed by atoms with E-state index in [4.69, 9.17) is 0 Å². The predicted molar refractivity (Wildman–Crippen MR) is 74.4 cm³/mol. The Balaban J connectivity index is 2.29. The van der Waals surface area contributed by atoms with Gasteiger partial charge in [0.15, 0.2) is 0 Å². The minimum Gasteiger partial charge on any atom is -0.312 e. The molecule has 0 radical (unpaired) electrons. The highest BCUT2D eigenvalue weighted by atomic mass is 32.2. The molecule has 6 heteroatoms. The van der Waals surface area contributed by atoms with Gasteiger partial charge in [0.1, 0.15) is 0 Å². The molecule has 4 nitrogen and oxygen atoms in total.